The predicted molar refractivity (Wildman–Crippen MR) is 96.2 cm³/mol. The van der Waals surface area contributed by atoms with Crippen LogP contribution in [0.2, 0.25) is 5.02 Å². The third-order valence-electron chi connectivity index (χ3n) is 4.62. The molecule has 1 aromatic rings. The van der Waals surface area contributed by atoms with E-state index >= 15 is 0 Å². The molecule has 1 saturated carbocycles. The van der Waals surface area contributed by atoms with Crippen LogP contribution in [0.5, 0.6) is 0 Å². The predicted octanol–water partition coefficient (Wildman–Crippen LogP) is 2.74. The Balaban J connectivity index is 2.17. The van der Waals surface area contributed by atoms with Gasteiger partial charge in [-0.05, 0) is 43.9 Å². The summed E-state index contributed by atoms with van der Waals surface area (Å²) in [6, 6.07) is 2.74. The van der Waals surface area contributed by atoms with Crippen molar-refractivity contribution in [3.05, 3.63) is 23.2 Å². The van der Waals surface area contributed by atoms with Crippen LogP contribution in [-0.4, -0.2) is 31.5 Å². The van der Waals surface area contributed by atoms with Crippen molar-refractivity contribution in [1.82, 2.24) is 0 Å². The molecule has 1 heterocycles. The molecule has 0 aromatic heterocycles. The molecular weight excluding hydrogens is 407 g/mol. The smallest absolute Gasteiger partial charge is 0.369 e. The van der Waals surface area contributed by atoms with Crippen LogP contribution in [0.1, 0.15) is 32.1 Å². The van der Waals surface area contributed by atoms with E-state index in [0.717, 1.165) is 37.5 Å². The fraction of sp³-hybridized carbons (Fsp3) is 0.467. The molecule has 1 aliphatic heterocycles. The Morgan fingerprint density at radius 2 is 1.78 bits per heavy atom. The summed E-state index contributed by atoms with van der Waals surface area (Å²) in [6.07, 6.45) is 3.59. The molecule has 2 aliphatic rings. The van der Waals surface area contributed by atoms with Gasteiger partial charge >= 0.3 is 5.51 Å². The fourth-order valence-electron chi connectivity index (χ4n) is 3.43. The normalized spacial score (nSPS) is 20.4. The first-order chi connectivity index (χ1) is 12.5. The van der Waals surface area contributed by atoms with Crippen molar-refractivity contribution in [3.8, 4) is 0 Å². The maximum absolute atomic E-state index is 12.9. The van der Waals surface area contributed by atoms with Crippen LogP contribution in [0.25, 0.3) is 0 Å². The molecule has 0 unspecified atom stereocenters. The second-order valence-corrected chi connectivity index (χ2v) is 8.73. The number of alkyl halides is 3. The van der Waals surface area contributed by atoms with Gasteiger partial charge in [-0.1, -0.05) is 18.0 Å². The number of benzene rings is 1. The van der Waals surface area contributed by atoms with E-state index in [9.17, 15) is 21.6 Å². The van der Waals surface area contributed by atoms with E-state index in [1.54, 1.807) is 0 Å². The molecule has 0 radical (unpaired) electrons. The van der Waals surface area contributed by atoms with Gasteiger partial charge in [-0.3, -0.25) is 4.90 Å². The Bertz CT molecular complexity index is 924. The number of halogens is 4. The van der Waals surface area contributed by atoms with Crippen LogP contribution < -0.4 is 16.4 Å². The number of sulfone groups is 1. The Hall–Kier alpha value is -2.01. The molecule has 0 bridgehead atoms. The molecule has 3 rings (SSSR count). The summed E-state index contributed by atoms with van der Waals surface area (Å²) in [6.45, 7) is 0. The van der Waals surface area contributed by atoms with Crippen molar-refractivity contribution >= 4 is 39.0 Å². The number of guanidine groups is 2. The number of nitrogens with zero attached hydrogens (tertiary/aromatic N) is 3. The van der Waals surface area contributed by atoms with Gasteiger partial charge in [-0.25, -0.2) is 13.4 Å². The molecule has 0 atom stereocenters. The van der Waals surface area contributed by atoms with Gasteiger partial charge < -0.3 is 11.5 Å². The molecule has 4 N–H and O–H groups in total. The highest BCUT2D eigenvalue weighted by Crippen LogP contribution is 2.43. The molecule has 148 valence electrons. The fourth-order valence-corrected chi connectivity index (χ4v) is 4.42. The van der Waals surface area contributed by atoms with Crippen molar-refractivity contribution in [3.63, 3.8) is 0 Å². The average molecular weight is 424 g/mol. The van der Waals surface area contributed by atoms with E-state index in [1.807, 2.05) is 0 Å². The summed E-state index contributed by atoms with van der Waals surface area (Å²) >= 11 is 6.19. The number of hydrogen-bond acceptors (Lipinski definition) is 7. The summed E-state index contributed by atoms with van der Waals surface area (Å²) in [4.78, 5) is 8.73. The lowest BCUT2D eigenvalue weighted by Gasteiger charge is -2.45. The Kier molecular flexibility index (Phi) is 4.79. The minimum atomic E-state index is -5.55. The minimum Gasteiger partial charge on any atom is -0.369 e. The molecular formula is C15H17ClF3N5O2S. The molecule has 12 heteroatoms. The average Bonchev–Trinajstić information content (AvgIpc) is 2.55. The van der Waals surface area contributed by atoms with Gasteiger partial charge in [-0.2, -0.15) is 18.2 Å². The van der Waals surface area contributed by atoms with E-state index in [0.29, 0.717) is 12.8 Å². The third-order valence-corrected chi connectivity index (χ3v) is 6.43. The summed E-state index contributed by atoms with van der Waals surface area (Å²) in [5.41, 5.74) is 5.34. The van der Waals surface area contributed by atoms with Crippen LogP contribution in [0, 0.1) is 0 Å². The second-order valence-electron chi connectivity index (χ2n) is 6.38. The molecule has 7 nitrogen and oxygen atoms in total. The largest absolute Gasteiger partial charge is 0.501 e. The van der Waals surface area contributed by atoms with Crippen molar-refractivity contribution in [1.29, 1.82) is 0 Å². The number of rotatable bonds is 2. The molecule has 27 heavy (non-hydrogen) atoms. The zero-order chi connectivity index (χ0) is 20.0. The summed E-state index contributed by atoms with van der Waals surface area (Å²) in [7, 11) is -5.55. The summed E-state index contributed by atoms with van der Waals surface area (Å²) < 4.78 is 62.5. The first kappa shape index (κ1) is 19.7. The number of aliphatic imine (C=N–C) groups is 2. The van der Waals surface area contributed by atoms with Gasteiger partial charge in [0.05, 0.1) is 15.6 Å². The van der Waals surface area contributed by atoms with Crippen LogP contribution in [0.15, 0.2) is 33.1 Å². The van der Waals surface area contributed by atoms with Gasteiger partial charge in [0.2, 0.25) is 11.9 Å². The van der Waals surface area contributed by atoms with E-state index in [1.165, 1.54) is 4.90 Å². The van der Waals surface area contributed by atoms with Gasteiger partial charge in [0, 0.05) is 0 Å². The van der Waals surface area contributed by atoms with E-state index in [4.69, 9.17) is 23.1 Å². The second kappa shape index (κ2) is 6.55. The van der Waals surface area contributed by atoms with Crippen molar-refractivity contribution < 1.29 is 21.6 Å². The van der Waals surface area contributed by atoms with Crippen LogP contribution in [0.3, 0.4) is 0 Å². The number of anilines is 1. The monoisotopic (exact) mass is 423 g/mol. The lowest BCUT2D eigenvalue weighted by molar-refractivity contribution is -0.0435. The number of hydrogen-bond donors (Lipinski definition) is 2. The minimum absolute atomic E-state index is 0.0126. The maximum atomic E-state index is 12.9. The molecule has 1 fully saturated rings. The molecule has 0 saturated heterocycles. The van der Waals surface area contributed by atoms with Gasteiger partial charge in [0.1, 0.15) is 5.66 Å². The number of nitrogens with two attached hydrogens (primary N) is 2. The van der Waals surface area contributed by atoms with Crippen molar-refractivity contribution in [2.45, 2.75) is 48.2 Å². The Morgan fingerprint density at radius 3 is 2.37 bits per heavy atom. The lowest BCUT2D eigenvalue weighted by atomic mass is 9.87. The SMILES string of the molecule is NC1=NC2(CCCCC2)N(c2cc(S(=O)(=O)C(F)(F)F)ccc2Cl)C(N)=N1. The molecule has 1 aliphatic carbocycles. The highest BCUT2D eigenvalue weighted by Gasteiger charge is 2.48. The quantitative estimate of drug-likeness (QED) is 0.759. The third kappa shape index (κ3) is 3.33. The Morgan fingerprint density at radius 1 is 1.15 bits per heavy atom. The first-order valence-corrected chi connectivity index (χ1v) is 9.95. The van der Waals surface area contributed by atoms with Crippen molar-refractivity contribution in [2.24, 2.45) is 21.5 Å². The van der Waals surface area contributed by atoms with E-state index in [2.05, 4.69) is 9.98 Å². The molecule has 0 amide bonds. The summed E-state index contributed by atoms with van der Waals surface area (Å²) in [5, 5.41) is 0.0231. The topological polar surface area (TPSA) is 114 Å². The van der Waals surface area contributed by atoms with Crippen molar-refractivity contribution in [2.75, 3.05) is 4.90 Å². The molecule has 1 aromatic carbocycles. The van der Waals surface area contributed by atoms with Gasteiger partial charge in [-0.15, -0.1) is 0 Å². The van der Waals surface area contributed by atoms with E-state index < -0.39 is 25.9 Å². The van der Waals surface area contributed by atoms with Gasteiger partial charge in [0.25, 0.3) is 9.84 Å². The highest BCUT2D eigenvalue weighted by atomic mass is 35.5. The van der Waals surface area contributed by atoms with Crippen LogP contribution in [-0.2, 0) is 9.84 Å². The standard InChI is InChI=1S/C15H17ClF3N5O2S/c16-10-5-4-9(27(25,26)15(17,18)19)8-11(10)24-13(21)22-12(20)23-14(24)6-2-1-3-7-14/h4-5,8H,1-3,6-7H2,(H4,20,21,22,23). The molecule has 1 spiro atoms. The maximum Gasteiger partial charge on any atom is 0.501 e. The van der Waals surface area contributed by atoms with Crippen LogP contribution >= 0.6 is 11.6 Å². The zero-order valence-corrected chi connectivity index (χ0v) is 15.6. The first-order valence-electron chi connectivity index (χ1n) is 8.09. The lowest BCUT2D eigenvalue weighted by Crippen LogP contribution is -2.58. The Labute approximate surface area is 158 Å². The highest BCUT2D eigenvalue weighted by molar-refractivity contribution is 7.92. The van der Waals surface area contributed by atoms with Gasteiger partial charge in [0.15, 0.2) is 0 Å². The van der Waals surface area contributed by atoms with E-state index in [-0.39, 0.29) is 22.6 Å². The van der Waals surface area contributed by atoms with Crippen LogP contribution in [0.4, 0.5) is 18.9 Å². The summed E-state index contributed by atoms with van der Waals surface area (Å²) in [5.74, 6) is -0.145. The zero-order valence-electron chi connectivity index (χ0n) is 14.0.